The lowest BCUT2D eigenvalue weighted by molar-refractivity contribution is 0.108. The number of piperidine rings is 1. The highest BCUT2D eigenvalue weighted by molar-refractivity contribution is 5.67. The standard InChI is InChI=1S/C14H28N2O2/c1-3-16(14(17)18-4-2)12-6-5-7-13-8-10-15-11-9-13/h13,15H,3-12H2,1-2H3. The molecule has 1 aliphatic heterocycles. The fourth-order valence-electron chi connectivity index (χ4n) is 2.50. The van der Waals surface area contributed by atoms with Crippen LogP contribution in [0.2, 0.25) is 0 Å². The van der Waals surface area contributed by atoms with Gasteiger partial charge in [-0.25, -0.2) is 4.79 Å². The van der Waals surface area contributed by atoms with E-state index in [1.54, 1.807) is 4.90 Å². The number of ether oxygens (including phenoxy) is 1. The van der Waals surface area contributed by atoms with Gasteiger partial charge in [-0.1, -0.05) is 12.8 Å². The minimum Gasteiger partial charge on any atom is -0.450 e. The van der Waals surface area contributed by atoms with Crippen molar-refractivity contribution in [3.63, 3.8) is 0 Å². The summed E-state index contributed by atoms with van der Waals surface area (Å²) < 4.78 is 5.02. The minimum absolute atomic E-state index is 0.165. The normalized spacial score (nSPS) is 16.6. The molecule has 0 saturated carbocycles. The van der Waals surface area contributed by atoms with Crippen molar-refractivity contribution in [2.75, 3.05) is 32.8 Å². The second-order valence-electron chi connectivity index (χ2n) is 4.97. The van der Waals surface area contributed by atoms with Gasteiger partial charge in [0, 0.05) is 13.1 Å². The van der Waals surface area contributed by atoms with Crippen LogP contribution in [0.5, 0.6) is 0 Å². The molecule has 1 aliphatic rings. The van der Waals surface area contributed by atoms with E-state index in [0.717, 1.165) is 25.4 Å². The van der Waals surface area contributed by atoms with Crippen LogP contribution in [0.25, 0.3) is 0 Å². The summed E-state index contributed by atoms with van der Waals surface area (Å²) in [6.45, 7) is 8.24. The Kier molecular flexibility index (Phi) is 7.81. The van der Waals surface area contributed by atoms with Crippen molar-refractivity contribution in [3.05, 3.63) is 0 Å². The SMILES string of the molecule is CCOC(=O)N(CC)CCCCC1CCNCC1. The Hall–Kier alpha value is -0.770. The molecule has 0 spiro atoms. The fourth-order valence-corrected chi connectivity index (χ4v) is 2.50. The first-order chi connectivity index (χ1) is 8.77. The molecule has 1 heterocycles. The number of hydrogen-bond donors (Lipinski definition) is 1. The van der Waals surface area contributed by atoms with Crippen molar-refractivity contribution in [1.29, 1.82) is 0 Å². The van der Waals surface area contributed by atoms with Gasteiger partial charge < -0.3 is 15.0 Å². The first kappa shape index (κ1) is 15.3. The van der Waals surface area contributed by atoms with Crippen LogP contribution in [0.4, 0.5) is 4.79 Å². The molecule has 1 amide bonds. The van der Waals surface area contributed by atoms with Crippen LogP contribution < -0.4 is 5.32 Å². The number of hydrogen-bond acceptors (Lipinski definition) is 3. The molecular formula is C14H28N2O2. The van der Waals surface area contributed by atoms with Crippen molar-refractivity contribution in [2.45, 2.75) is 46.0 Å². The molecule has 1 fully saturated rings. The Morgan fingerprint density at radius 2 is 2.00 bits per heavy atom. The van der Waals surface area contributed by atoms with Crippen molar-refractivity contribution in [3.8, 4) is 0 Å². The predicted molar refractivity (Wildman–Crippen MR) is 73.7 cm³/mol. The maximum absolute atomic E-state index is 11.6. The van der Waals surface area contributed by atoms with Gasteiger partial charge in [0.25, 0.3) is 0 Å². The second kappa shape index (κ2) is 9.20. The predicted octanol–water partition coefficient (Wildman–Crippen LogP) is 2.63. The molecule has 18 heavy (non-hydrogen) atoms. The van der Waals surface area contributed by atoms with E-state index in [1.165, 1.54) is 38.8 Å². The molecule has 4 nitrogen and oxygen atoms in total. The molecule has 4 heteroatoms. The molecule has 1 saturated heterocycles. The largest absolute Gasteiger partial charge is 0.450 e. The highest BCUT2D eigenvalue weighted by Gasteiger charge is 2.14. The lowest BCUT2D eigenvalue weighted by atomic mass is 9.92. The third kappa shape index (κ3) is 5.71. The van der Waals surface area contributed by atoms with E-state index in [-0.39, 0.29) is 6.09 Å². The van der Waals surface area contributed by atoms with Crippen molar-refractivity contribution >= 4 is 6.09 Å². The summed E-state index contributed by atoms with van der Waals surface area (Å²) in [6.07, 6.45) is 6.09. The van der Waals surface area contributed by atoms with Crippen molar-refractivity contribution < 1.29 is 9.53 Å². The topological polar surface area (TPSA) is 41.6 Å². The summed E-state index contributed by atoms with van der Waals surface area (Å²) in [5.41, 5.74) is 0. The van der Waals surface area contributed by atoms with Gasteiger partial charge in [0.05, 0.1) is 6.61 Å². The number of carbonyl (C=O) groups excluding carboxylic acids is 1. The summed E-state index contributed by atoms with van der Waals surface area (Å²) in [4.78, 5) is 13.4. The summed E-state index contributed by atoms with van der Waals surface area (Å²) >= 11 is 0. The molecule has 106 valence electrons. The molecule has 1 rings (SSSR count). The Morgan fingerprint density at radius 3 is 2.61 bits per heavy atom. The van der Waals surface area contributed by atoms with E-state index in [0.29, 0.717) is 6.61 Å². The lowest BCUT2D eigenvalue weighted by Gasteiger charge is -2.23. The monoisotopic (exact) mass is 256 g/mol. The first-order valence-electron chi connectivity index (χ1n) is 7.40. The number of unbranched alkanes of at least 4 members (excludes halogenated alkanes) is 1. The molecular weight excluding hydrogens is 228 g/mol. The van der Waals surface area contributed by atoms with Crippen molar-refractivity contribution in [2.24, 2.45) is 5.92 Å². The van der Waals surface area contributed by atoms with Gasteiger partial charge in [0.2, 0.25) is 0 Å². The van der Waals surface area contributed by atoms with Crippen LogP contribution in [-0.4, -0.2) is 43.8 Å². The Labute approximate surface area is 111 Å². The van der Waals surface area contributed by atoms with Crippen LogP contribution in [0, 0.1) is 5.92 Å². The summed E-state index contributed by atoms with van der Waals surface area (Å²) in [7, 11) is 0. The molecule has 0 atom stereocenters. The highest BCUT2D eigenvalue weighted by atomic mass is 16.6. The van der Waals surface area contributed by atoms with Gasteiger partial charge in [-0.15, -0.1) is 0 Å². The third-order valence-corrected chi connectivity index (χ3v) is 3.66. The molecule has 0 aliphatic carbocycles. The lowest BCUT2D eigenvalue weighted by Crippen LogP contribution is -2.32. The Balaban J connectivity index is 2.09. The summed E-state index contributed by atoms with van der Waals surface area (Å²) in [5, 5.41) is 3.39. The van der Waals surface area contributed by atoms with E-state index >= 15 is 0 Å². The van der Waals surface area contributed by atoms with Gasteiger partial charge >= 0.3 is 6.09 Å². The second-order valence-corrected chi connectivity index (χ2v) is 4.97. The Morgan fingerprint density at radius 1 is 1.28 bits per heavy atom. The van der Waals surface area contributed by atoms with Gasteiger partial charge in [0.15, 0.2) is 0 Å². The molecule has 0 aromatic carbocycles. The number of nitrogens with one attached hydrogen (secondary N) is 1. The molecule has 0 aromatic rings. The summed E-state index contributed by atoms with van der Waals surface area (Å²) in [5.74, 6) is 0.893. The zero-order valence-corrected chi connectivity index (χ0v) is 11.9. The third-order valence-electron chi connectivity index (χ3n) is 3.66. The molecule has 0 unspecified atom stereocenters. The van der Waals surface area contributed by atoms with Crippen LogP contribution >= 0.6 is 0 Å². The molecule has 0 bridgehead atoms. The fraction of sp³-hybridized carbons (Fsp3) is 0.929. The Bertz CT molecular complexity index is 228. The molecule has 1 N–H and O–H groups in total. The zero-order valence-electron chi connectivity index (χ0n) is 11.9. The number of amides is 1. The van der Waals surface area contributed by atoms with E-state index in [2.05, 4.69) is 5.32 Å². The zero-order chi connectivity index (χ0) is 13.2. The molecule has 0 aromatic heterocycles. The van der Waals surface area contributed by atoms with Crippen LogP contribution in [0.1, 0.15) is 46.0 Å². The minimum atomic E-state index is -0.165. The quantitative estimate of drug-likeness (QED) is 0.712. The van der Waals surface area contributed by atoms with E-state index in [1.807, 2.05) is 13.8 Å². The van der Waals surface area contributed by atoms with Crippen LogP contribution in [0.15, 0.2) is 0 Å². The van der Waals surface area contributed by atoms with Gasteiger partial charge in [-0.2, -0.15) is 0 Å². The van der Waals surface area contributed by atoms with Gasteiger partial charge in [-0.05, 0) is 52.1 Å². The summed E-state index contributed by atoms with van der Waals surface area (Å²) in [6, 6.07) is 0. The number of carbonyl (C=O) groups is 1. The maximum atomic E-state index is 11.6. The molecule has 0 radical (unpaired) electrons. The van der Waals surface area contributed by atoms with Crippen molar-refractivity contribution in [1.82, 2.24) is 10.2 Å². The van der Waals surface area contributed by atoms with Gasteiger partial charge in [0.1, 0.15) is 0 Å². The van der Waals surface area contributed by atoms with E-state index < -0.39 is 0 Å². The van der Waals surface area contributed by atoms with E-state index in [9.17, 15) is 4.79 Å². The maximum Gasteiger partial charge on any atom is 0.409 e. The van der Waals surface area contributed by atoms with Gasteiger partial charge in [-0.3, -0.25) is 0 Å². The average molecular weight is 256 g/mol. The number of nitrogens with zero attached hydrogens (tertiary/aromatic N) is 1. The van der Waals surface area contributed by atoms with E-state index in [4.69, 9.17) is 4.74 Å². The highest BCUT2D eigenvalue weighted by Crippen LogP contribution is 2.18. The van der Waals surface area contributed by atoms with Crippen LogP contribution in [-0.2, 0) is 4.74 Å². The smallest absolute Gasteiger partial charge is 0.409 e. The number of rotatable bonds is 7. The first-order valence-corrected chi connectivity index (χ1v) is 7.40. The average Bonchev–Trinajstić information content (AvgIpc) is 2.40. The van der Waals surface area contributed by atoms with Crippen LogP contribution in [0.3, 0.4) is 0 Å².